The molecule has 0 saturated heterocycles. The summed E-state index contributed by atoms with van der Waals surface area (Å²) in [6.07, 6.45) is 0. The van der Waals surface area contributed by atoms with E-state index in [1.807, 2.05) is 0 Å². The zero-order chi connectivity index (χ0) is 39.6. The molecule has 4 nitrogen and oxygen atoms in total. The van der Waals surface area contributed by atoms with Crippen LogP contribution < -0.4 is 19.7 Å². The Morgan fingerprint density at radius 3 is 0.714 bits per heavy atom. The number of hydrogen-bond donors (Lipinski definition) is 0. The molecule has 2 aromatic heterocycles. The van der Waals surface area contributed by atoms with E-state index >= 15 is 0 Å². The maximum absolute atomic E-state index is 7.09. The van der Waals surface area contributed by atoms with Gasteiger partial charge in [0.1, 0.15) is 0 Å². The molecule has 0 unspecified atom stereocenters. The minimum Gasteiger partial charge on any atom is -0.410 e. The van der Waals surface area contributed by atoms with Crippen molar-refractivity contribution in [2.45, 2.75) is 52.4 Å². The molecule has 3 heterocycles. The van der Waals surface area contributed by atoms with Crippen molar-refractivity contribution in [2.24, 2.45) is 0 Å². The fraction of sp³-hybridized carbons (Fsp3) is 0.261. The molecule has 0 fully saturated rings. The largest absolute Gasteiger partial charge is 0.410 e. The van der Waals surface area contributed by atoms with Crippen LogP contribution in [0.2, 0.25) is 52.4 Å². The van der Waals surface area contributed by atoms with Gasteiger partial charge in [0.15, 0.2) is 0 Å². The monoisotopic (exact) mass is 844 g/mol. The molecule has 0 amide bonds. The molecule has 6 aromatic rings. The van der Waals surface area contributed by atoms with Gasteiger partial charge in [0.25, 0.3) is 0 Å². The van der Waals surface area contributed by atoms with E-state index in [-0.39, 0.29) is 0 Å². The highest BCUT2D eigenvalue weighted by Gasteiger charge is 2.39. The summed E-state index contributed by atoms with van der Waals surface area (Å²) >= 11 is 0. The van der Waals surface area contributed by atoms with E-state index in [0.717, 1.165) is 0 Å². The summed E-state index contributed by atoms with van der Waals surface area (Å²) in [5.74, 6) is 0. The SMILES string of the molecule is C[Si]1(C)OCCO[Si](C)(C)c2pc(c(-c3ccccc3)cc2-c2ccccc2)[Si](C)(C)OCCO[Si](C)(C)c2pc1c(-c1ccccc1)cc2-c1ccccc1. The quantitative estimate of drug-likeness (QED) is 0.166. The second kappa shape index (κ2) is 17.0. The van der Waals surface area contributed by atoms with Crippen LogP contribution in [0.3, 0.4) is 0 Å². The Bertz CT molecular complexity index is 1950. The van der Waals surface area contributed by atoms with Gasteiger partial charge in [-0.05, 0) is 109 Å². The molecule has 4 bridgehead atoms. The van der Waals surface area contributed by atoms with Gasteiger partial charge in [-0.2, -0.15) is 0 Å². The maximum Gasteiger partial charge on any atom is 0.223 e. The summed E-state index contributed by atoms with van der Waals surface area (Å²) in [6.45, 7) is 21.1. The average Bonchev–Trinajstić information content (AvgIpc) is 3.21. The lowest BCUT2D eigenvalue weighted by Crippen LogP contribution is -2.52. The predicted octanol–water partition coefficient (Wildman–Crippen LogP) is 10.9. The first-order valence-corrected chi connectivity index (χ1v) is 33.1. The van der Waals surface area contributed by atoms with Crippen LogP contribution in [0.1, 0.15) is 0 Å². The van der Waals surface area contributed by atoms with Gasteiger partial charge < -0.3 is 17.7 Å². The van der Waals surface area contributed by atoms with Crippen molar-refractivity contribution < 1.29 is 17.7 Å². The zero-order valence-corrected chi connectivity index (χ0v) is 39.8. The molecule has 4 aromatic carbocycles. The van der Waals surface area contributed by atoms with Crippen molar-refractivity contribution in [2.75, 3.05) is 26.4 Å². The Labute approximate surface area is 342 Å². The van der Waals surface area contributed by atoms with E-state index in [1.165, 1.54) is 80.6 Å². The van der Waals surface area contributed by atoms with Crippen LogP contribution in [-0.4, -0.2) is 59.7 Å². The van der Waals surface area contributed by atoms with Gasteiger partial charge in [-0.1, -0.05) is 138 Å². The molecule has 0 atom stereocenters. The average molecular weight is 845 g/mol. The van der Waals surface area contributed by atoms with Gasteiger partial charge in [-0.15, -0.1) is 0 Å². The van der Waals surface area contributed by atoms with E-state index in [1.54, 1.807) is 0 Å². The molecule has 0 radical (unpaired) electrons. The van der Waals surface area contributed by atoms with Crippen molar-refractivity contribution in [1.82, 2.24) is 0 Å². The lowest BCUT2D eigenvalue weighted by atomic mass is 10.0. The Morgan fingerprint density at radius 2 is 0.518 bits per heavy atom. The first kappa shape index (κ1) is 41.1. The lowest BCUT2D eigenvalue weighted by molar-refractivity contribution is 0.212. The third kappa shape index (κ3) is 8.96. The summed E-state index contributed by atoms with van der Waals surface area (Å²) < 4.78 is 28.4. The van der Waals surface area contributed by atoms with Gasteiger partial charge in [0.05, 0.1) is 26.4 Å². The minimum absolute atomic E-state index is 0.550. The topological polar surface area (TPSA) is 36.9 Å². The second-order valence-corrected chi connectivity index (χ2v) is 35.6. The third-order valence-corrected chi connectivity index (χ3v) is 29.7. The maximum atomic E-state index is 7.09. The number of benzene rings is 4. The molecule has 10 heteroatoms. The highest BCUT2D eigenvalue weighted by molar-refractivity contribution is 7.50. The fourth-order valence-electron chi connectivity index (χ4n) is 7.67. The molecule has 7 rings (SSSR count). The highest BCUT2D eigenvalue weighted by Crippen LogP contribution is 2.35. The van der Waals surface area contributed by atoms with Gasteiger partial charge in [-0.3, -0.25) is 0 Å². The summed E-state index contributed by atoms with van der Waals surface area (Å²) in [5, 5.41) is 0. The van der Waals surface area contributed by atoms with E-state index in [2.05, 4.69) is 186 Å². The van der Waals surface area contributed by atoms with Crippen LogP contribution in [-0.2, 0) is 17.7 Å². The molecule has 288 valence electrons. The minimum atomic E-state index is -2.44. The summed E-state index contributed by atoms with van der Waals surface area (Å²) in [6, 6.07) is 48.3. The van der Waals surface area contributed by atoms with Gasteiger partial charge in [0, 0.05) is 19.7 Å². The third-order valence-electron chi connectivity index (χ3n) is 10.7. The van der Waals surface area contributed by atoms with Crippen LogP contribution >= 0.6 is 16.4 Å². The van der Waals surface area contributed by atoms with Crippen LogP contribution in [0.4, 0.5) is 0 Å². The van der Waals surface area contributed by atoms with E-state index in [9.17, 15) is 0 Å². The number of hydrogen-bond acceptors (Lipinski definition) is 4. The molecular formula is C46H54O4P2Si4. The fourth-order valence-corrected chi connectivity index (χ4v) is 22.9. The van der Waals surface area contributed by atoms with Crippen LogP contribution in [0, 0.1) is 0 Å². The molecule has 1 aliphatic rings. The molecule has 0 saturated carbocycles. The Hall–Kier alpha value is -3.11. The van der Waals surface area contributed by atoms with Crippen LogP contribution in [0.15, 0.2) is 133 Å². The summed E-state index contributed by atoms with van der Waals surface area (Å²) in [5.41, 5.74) is 10.0. The molecular weight excluding hydrogens is 791 g/mol. The number of fused-ring (bicyclic) bond motifs is 4. The molecule has 0 spiro atoms. The smallest absolute Gasteiger partial charge is 0.223 e. The van der Waals surface area contributed by atoms with Crippen molar-refractivity contribution in [1.29, 1.82) is 0 Å². The standard InChI is InChI=1S/C46H54O4P2Si4/c1-53(2)43-39(35-21-13-9-14-22-35)33-40(36-23-15-10-16-24-36)44(51-43)54(3,4)49-31-32-50-56(7,8)46-42(38-27-19-12-20-28-38)34-41(37-25-17-11-18-26-37)45(52-46)55(5,6)48-30-29-47-53/h9-28,33-34H,29-32H2,1-8H3. The first-order chi connectivity index (χ1) is 26.8. The van der Waals surface area contributed by atoms with Gasteiger partial charge in [0.2, 0.25) is 33.3 Å². The molecule has 1 aliphatic heterocycles. The van der Waals surface area contributed by atoms with Crippen molar-refractivity contribution in [3.63, 3.8) is 0 Å². The second-order valence-electron chi connectivity index (χ2n) is 16.5. The first-order valence-electron chi connectivity index (χ1n) is 19.7. The Morgan fingerprint density at radius 1 is 0.321 bits per heavy atom. The molecule has 56 heavy (non-hydrogen) atoms. The molecule has 0 aliphatic carbocycles. The lowest BCUT2D eigenvalue weighted by Gasteiger charge is -2.34. The number of rotatable bonds is 4. The van der Waals surface area contributed by atoms with Gasteiger partial charge in [-0.25, -0.2) is 0 Å². The summed E-state index contributed by atoms with van der Waals surface area (Å²) in [4.78, 5) is 5.57. The van der Waals surface area contributed by atoms with Crippen molar-refractivity contribution >= 4 is 69.3 Å². The predicted molar refractivity (Wildman–Crippen MR) is 252 cm³/mol. The van der Waals surface area contributed by atoms with Crippen molar-refractivity contribution in [3.8, 4) is 44.5 Å². The molecule has 0 N–H and O–H groups in total. The van der Waals surface area contributed by atoms with E-state index in [0.29, 0.717) is 26.4 Å². The van der Waals surface area contributed by atoms with Crippen LogP contribution in [0.25, 0.3) is 44.5 Å². The van der Waals surface area contributed by atoms with Crippen molar-refractivity contribution in [3.05, 3.63) is 133 Å². The summed E-state index contributed by atoms with van der Waals surface area (Å²) in [7, 11) is -7.35. The normalized spacial score (nSPS) is 18.0. The van der Waals surface area contributed by atoms with E-state index in [4.69, 9.17) is 17.7 Å². The Kier molecular flexibility index (Phi) is 12.5. The zero-order valence-electron chi connectivity index (χ0n) is 34.1. The van der Waals surface area contributed by atoms with Gasteiger partial charge >= 0.3 is 0 Å². The van der Waals surface area contributed by atoms with E-state index < -0.39 is 33.3 Å². The van der Waals surface area contributed by atoms with Crippen LogP contribution in [0.5, 0.6) is 0 Å². The highest BCUT2D eigenvalue weighted by atomic mass is 31.0. The Balaban J connectivity index is 1.36.